The number of aromatic nitrogens is 4. The number of nitrogens with zero attached hydrogens (tertiary/aromatic N) is 6. The van der Waals surface area contributed by atoms with Crippen LogP contribution in [0.5, 0.6) is 5.75 Å². The number of thioether (sulfide) groups is 1. The normalized spacial score (nSPS) is 17.1. The van der Waals surface area contributed by atoms with Gasteiger partial charge in [-0.05, 0) is 61.8 Å². The van der Waals surface area contributed by atoms with E-state index in [1.807, 2.05) is 31.7 Å². The molecule has 5 heterocycles. The zero-order valence-electron chi connectivity index (χ0n) is 25.4. The molecule has 4 aromatic rings. The lowest BCUT2D eigenvalue weighted by Gasteiger charge is -2.40. The molecule has 0 aliphatic carbocycles. The van der Waals surface area contributed by atoms with Crippen LogP contribution in [-0.4, -0.2) is 68.4 Å². The van der Waals surface area contributed by atoms with Crippen LogP contribution in [0.2, 0.25) is 5.02 Å². The number of hydrogen-bond donors (Lipinski definition) is 0. The van der Waals surface area contributed by atoms with Gasteiger partial charge in [-0.15, -0.1) is 11.8 Å². The maximum absolute atomic E-state index is 15.6. The highest BCUT2D eigenvalue weighted by molar-refractivity contribution is 7.99. The molecule has 3 aromatic heterocycles. The number of carbonyl (C=O) groups is 1. The molecule has 234 valence electrons. The molecule has 0 N–H and O–H groups in total. The van der Waals surface area contributed by atoms with Crippen LogP contribution in [0.1, 0.15) is 45.2 Å². The first kappa shape index (κ1) is 31.0. The topological polar surface area (TPSA) is 93.5 Å². The molecule has 0 spiro atoms. The molecule has 2 bridgehead atoms. The summed E-state index contributed by atoms with van der Waals surface area (Å²) in [6.07, 6.45) is 4.66. The molecule has 0 unspecified atom stereocenters. The highest BCUT2D eigenvalue weighted by atomic mass is 35.5. The number of benzene rings is 1. The summed E-state index contributed by atoms with van der Waals surface area (Å²) in [6, 6.07) is 8.07. The third-order valence-corrected chi connectivity index (χ3v) is 9.56. The highest BCUT2D eigenvalue weighted by Crippen LogP contribution is 2.41. The SMILES string of the molecule is C=CC(=O)N1CCN(c2nc(=O)n3c4nc(c(Cl)cc24)-c2c(F)cccc2OCCCCSc2ccnc(C(C)C)c2-3)[C@@H](C)C1. The molecule has 2 aliphatic rings. The van der Waals surface area contributed by atoms with Crippen molar-refractivity contribution >= 4 is 46.1 Å². The fourth-order valence-corrected chi connectivity index (χ4v) is 7.24. The number of piperazine rings is 1. The Labute approximate surface area is 270 Å². The van der Waals surface area contributed by atoms with Crippen molar-refractivity contribution < 1.29 is 13.9 Å². The lowest BCUT2D eigenvalue weighted by atomic mass is 10.1. The van der Waals surface area contributed by atoms with Crippen molar-refractivity contribution in [1.29, 1.82) is 0 Å². The lowest BCUT2D eigenvalue weighted by molar-refractivity contribution is -0.126. The van der Waals surface area contributed by atoms with E-state index in [1.165, 1.54) is 16.7 Å². The smallest absolute Gasteiger partial charge is 0.355 e. The summed E-state index contributed by atoms with van der Waals surface area (Å²) in [5.74, 6) is 0.812. The van der Waals surface area contributed by atoms with E-state index in [0.717, 1.165) is 29.2 Å². The Morgan fingerprint density at radius 3 is 2.80 bits per heavy atom. The van der Waals surface area contributed by atoms with Gasteiger partial charge >= 0.3 is 5.69 Å². The van der Waals surface area contributed by atoms with Gasteiger partial charge in [0.15, 0.2) is 5.65 Å². The second-order valence-electron chi connectivity index (χ2n) is 11.5. The average molecular weight is 649 g/mol. The molecule has 9 nitrogen and oxygen atoms in total. The Morgan fingerprint density at radius 2 is 2.04 bits per heavy atom. The third kappa shape index (κ3) is 5.79. The molecule has 1 amide bonds. The van der Waals surface area contributed by atoms with Crippen LogP contribution in [0, 0.1) is 5.82 Å². The summed E-state index contributed by atoms with van der Waals surface area (Å²) in [4.78, 5) is 45.6. The van der Waals surface area contributed by atoms with Crippen molar-refractivity contribution in [1.82, 2.24) is 24.4 Å². The van der Waals surface area contributed by atoms with Crippen LogP contribution in [0.25, 0.3) is 28.0 Å². The fraction of sp³-hybridized carbons (Fsp3) is 0.364. The van der Waals surface area contributed by atoms with E-state index in [9.17, 15) is 9.59 Å². The number of amides is 1. The number of pyridine rings is 2. The van der Waals surface area contributed by atoms with Gasteiger partial charge < -0.3 is 14.5 Å². The summed E-state index contributed by atoms with van der Waals surface area (Å²) >= 11 is 8.58. The Kier molecular flexibility index (Phi) is 8.83. The van der Waals surface area contributed by atoms with Gasteiger partial charge in [-0.1, -0.05) is 38.1 Å². The third-order valence-electron chi connectivity index (χ3n) is 8.14. The van der Waals surface area contributed by atoms with E-state index in [0.29, 0.717) is 48.9 Å². The van der Waals surface area contributed by atoms with Gasteiger partial charge in [-0.2, -0.15) is 4.98 Å². The van der Waals surface area contributed by atoms with Crippen molar-refractivity contribution in [2.75, 3.05) is 36.9 Å². The number of anilines is 1. The summed E-state index contributed by atoms with van der Waals surface area (Å²) in [5, 5.41) is 0.717. The van der Waals surface area contributed by atoms with Gasteiger partial charge in [-0.25, -0.2) is 18.7 Å². The molecule has 0 radical (unpaired) electrons. The minimum Gasteiger partial charge on any atom is -0.493 e. The maximum atomic E-state index is 15.6. The van der Waals surface area contributed by atoms with Crippen LogP contribution in [0.4, 0.5) is 10.2 Å². The zero-order valence-corrected chi connectivity index (χ0v) is 27.0. The van der Waals surface area contributed by atoms with E-state index < -0.39 is 11.5 Å². The first-order chi connectivity index (χ1) is 21.7. The Bertz CT molecular complexity index is 1860. The maximum Gasteiger partial charge on any atom is 0.355 e. The zero-order chi connectivity index (χ0) is 31.8. The fourth-order valence-electron chi connectivity index (χ4n) is 5.94. The van der Waals surface area contributed by atoms with Crippen molar-refractivity contribution in [2.45, 2.75) is 50.5 Å². The molecule has 1 fully saturated rings. The molecule has 1 aromatic carbocycles. The predicted octanol–water partition coefficient (Wildman–Crippen LogP) is 6.25. The molecule has 2 aliphatic heterocycles. The van der Waals surface area contributed by atoms with Crippen LogP contribution < -0.4 is 15.3 Å². The molecule has 6 rings (SSSR count). The van der Waals surface area contributed by atoms with E-state index in [-0.39, 0.29) is 39.8 Å². The Morgan fingerprint density at radius 1 is 1.22 bits per heavy atom. The number of ether oxygens (including phenoxy) is 1. The second-order valence-corrected chi connectivity index (χ2v) is 13.0. The van der Waals surface area contributed by atoms with E-state index >= 15 is 4.39 Å². The van der Waals surface area contributed by atoms with Gasteiger partial charge in [0.05, 0.1) is 39.7 Å². The summed E-state index contributed by atoms with van der Waals surface area (Å²) < 4.78 is 23.2. The van der Waals surface area contributed by atoms with Crippen LogP contribution in [0.15, 0.2) is 58.9 Å². The van der Waals surface area contributed by atoms with Crippen LogP contribution in [-0.2, 0) is 4.79 Å². The highest BCUT2D eigenvalue weighted by Gasteiger charge is 2.31. The molecular formula is C33H34ClFN6O3S. The molecular weight excluding hydrogens is 615 g/mol. The van der Waals surface area contributed by atoms with E-state index in [4.69, 9.17) is 26.3 Å². The van der Waals surface area contributed by atoms with E-state index in [1.54, 1.807) is 41.1 Å². The Hall–Kier alpha value is -3.96. The largest absolute Gasteiger partial charge is 0.493 e. The number of rotatable bonds is 3. The lowest BCUT2D eigenvalue weighted by Crippen LogP contribution is -2.54. The quantitative estimate of drug-likeness (QED) is 0.241. The average Bonchev–Trinajstić information content (AvgIpc) is 3.02. The summed E-state index contributed by atoms with van der Waals surface area (Å²) in [5.41, 5.74) is 1.38. The minimum atomic E-state index is -0.538. The van der Waals surface area contributed by atoms with Crippen molar-refractivity contribution in [2.24, 2.45) is 0 Å². The first-order valence-corrected chi connectivity index (χ1v) is 16.4. The second kappa shape index (κ2) is 12.8. The number of carbonyl (C=O) groups excluding carboxylic acids is 1. The van der Waals surface area contributed by atoms with Crippen LogP contribution >= 0.6 is 23.4 Å². The van der Waals surface area contributed by atoms with Gasteiger partial charge in [0.2, 0.25) is 5.91 Å². The number of halogens is 2. The summed E-state index contributed by atoms with van der Waals surface area (Å²) in [6.45, 7) is 11.3. The molecule has 12 heteroatoms. The van der Waals surface area contributed by atoms with Gasteiger partial charge in [0, 0.05) is 36.8 Å². The van der Waals surface area contributed by atoms with Gasteiger partial charge in [0.1, 0.15) is 17.4 Å². The van der Waals surface area contributed by atoms with Gasteiger partial charge in [-0.3, -0.25) is 9.78 Å². The molecule has 1 saturated heterocycles. The van der Waals surface area contributed by atoms with Crippen molar-refractivity contribution in [3.8, 4) is 22.7 Å². The van der Waals surface area contributed by atoms with Crippen molar-refractivity contribution in [3.05, 3.63) is 76.2 Å². The number of fused-ring (bicyclic) bond motifs is 5. The summed E-state index contributed by atoms with van der Waals surface area (Å²) in [7, 11) is 0. The van der Waals surface area contributed by atoms with Crippen molar-refractivity contribution in [3.63, 3.8) is 0 Å². The first-order valence-electron chi connectivity index (χ1n) is 15.0. The molecule has 1 atom stereocenters. The standard InChI is InChI=1S/C33H34ClFN6O3S/c1-5-26(42)39-13-14-40(20(4)18-39)31-21-17-22(34)29-27-23(35)9-8-10-24(27)44-15-6-7-16-45-25-11-12-36-28(19(2)3)30(25)41(32(21)37-29)33(43)38-31/h5,8-12,17,19-20H,1,6-7,13-16,18H2,2-4H3/t20-/m0/s1. The van der Waals surface area contributed by atoms with Gasteiger partial charge in [0.25, 0.3) is 0 Å². The monoisotopic (exact) mass is 648 g/mol. The minimum absolute atomic E-state index is 0.0186. The molecule has 45 heavy (non-hydrogen) atoms. The predicted molar refractivity (Wildman–Crippen MR) is 176 cm³/mol. The number of hydrogen-bond acceptors (Lipinski definition) is 8. The van der Waals surface area contributed by atoms with E-state index in [2.05, 4.69) is 11.6 Å². The Balaban J connectivity index is 1.68. The van der Waals surface area contributed by atoms with Crippen LogP contribution in [0.3, 0.4) is 0 Å². The molecule has 0 saturated carbocycles.